The first-order chi connectivity index (χ1) is 10.1. The van der Waals surface area contributed by atoms with E-state index in [1.165, 1.54) is 11.8 Å². The van der Waals surface area contributed by atoms with Crippen LogP contribution < -0.4 is 10.1 Å². The summed E-state index contributed by atoms with van der Waals surface area (Å²) in [6, 6.07) is 0.312. The van der Waals surface area contributed by atoms with Gasteiger partial charge in [-0.25, -0.2) is 0 Å². The molecule has 0 aromatic carbocycles. The number of anilines is 1. The van der Waals surface area contributed by atoms with Crippen LogP contribution in [0, 0.1) is 6.92 Å². The minimum Gasteiger partial charge on any atom is -0.464 e. The highest BCUT2D eigenvalue weighted by atomic mass is 32.2. The van der Waals surface area contributed by atoms with Gasteiger partial charge in [-0.05, 0) is 32.0 Å². The molecule has 2 aromatic rings. The second-order valence-electron chi connectivity index (χ2n) is 4.27. The van der Waals surface area contributed by atoms with Crippen LogP contribution in [0.3, 0.4) is 0 Å². The van der Waals surface area contributed by atoms with Crippen molar-refractivity contribution in [3.05, 3.63) is 5.82 Å². The molecule has 0 radical (unpaired) electrons. The molecule has 114 valence electrons. The molecule has 0 saturated carbocycles. The second kappa shape index (κ2) is 7.21. The SMILES string of the molecule is CCCNc1nc(OCC)nc(Sc2nnc(C)n2C)n1. The molecule has 0 fully saturated rings. The summed E-state index contributed by atoms with van der Waals surface area (Å²) < 4.78 is 7.26. The number of hydrogen-bond donors (Lipinski definition) is 1. The largest absolute Gasteiger partial charge is 0.464 e. The van der Waals surface area contributed by atoms with E-state index >= 15 is 0 Å². The Bertz CT molecular complexity index is 601. The first kappa shape index (κ1) is 15.5. The van der Waals surface area contributed by atoms with Gasteiger partial charge in [-0.2, -0.15) is 15.0 Å². The lowest BCUT2D eigenvalue weighted by atomic mass is 10.5. The zero-order chi connectivity index (χ0) is 15.2. The Hall–Kier alpha value is -1.90. The quantitative estimate of drug-likeness (QED) is 0.826. The van der Waals surface area contributed by atoms with Crippen LogP contribution in [0.2, 0.25) is 0 Å². The lowest BCUT2D eigenvalue weighted by Crippen LogP contribution is -2.08. The van der Waals surface area contributed by atoms with Crippen LogP contribution in [0.5, 0.6) is 6.01 Å². The van der Waals surface area contributed by atoms with Gasteiger partial charge < -0.3 is 14.6 Å². The van der Waals surface area contributed by atoms with Crippen molar-refractivity contribution in [2.45, 2.75) is 37.5 Å². The van der Waals surface area contributed by atoms with Gasteiger partial charge in [0.15, 0.2) is 5.16 Å². The molecule has 0 aliphatic rings. The van der Waals surface area contributed by atoms with E-state index in [1.807, 2.05) is 25.5 Å². The molecule has 8 nitrogen and oxygen atoms in total. The third kappa shape index (κ3) is 4.03. The van der Waals surface area contributed by atoms with Crippen molar-refractivity contribution in [2.24, 2.45) is 7.05 Å². The summed E-state index contributed by atoms with van der Waals surface area (Å²) in [5.41, 5.74) is 0. The molecule has 0 aliphatic carbocycles. The molecule has 0 unspecified atom stereocenters. The molecule has 0 spiro atoms. The van der Waals surface area contributed by atoms with Gasteiger partial charge in [0.2, 0.25) is 11.1 Å². The van der Waals surface area contributed by atoms with Crippen LogP contribution in [0.4, 0.5) is 5.95 Å². The molecule has 0 amide bonds. The highest BCUT2D eigenvalue weighted by Crippen LogP contribution is 2.24. The zero-order valence-corrected chi connectivity index (χ0v) is 13.4. The van der Waals surface area contributed by atoms with Crippen LogP contribution >= 0.6 is 11.8 Å². The summed E-state index contributed by atoms with van der Waals surface area (Å²) in [6.45, 7) is 7.16. The molecule has 2 heterocycles. The normalized spacial score (nSPS) is 10.7. The number of rotatable bonds is 7. The number of aromatic nitrogens is 6. The Morgan fingerprint density at radius 3 is 2.62 bits per heavy atom. The third-order valence-electron chi connectivity index (χ3n) is 2.64. The molecule has 0 aliphatic heterocycles. The van der Waals surface area contributed by atoms with E-state index in [0.29, 0.717) is 23.7 Å². The fourth-order valence-corrected chi connectivity index (χ4v) is 2.22. The summed E-state index contributed by atoms with van der Waals surface area (Å²) in [6.07, 6.45) is 0.987. The van der Waals surface area contributed by atoms with E-state index in [9.17, 15) is 0 Å². The smallest absolute Gasteiger partial charge is 0.322 e. The molecule has 21 heavy (non-hydrogen) atoms. The van der Waals surface area contributed by atoms with E-state index in [0.717, 1.165) is 23.9 Å². The number of aryl methyl sites for hydroxylation is 1. The van der Waals surface area contributed by atoms with Crippen molar-refractivity contribution in [3.63, 3.8) is 0 Å². The van der Waals surface area contributed by atoms with Crippen molar-refractivity contribution in [3.8, 4) is 6.01 Å². The van der Waals surface area contributed by atoms with Crippen LogP contribution in [0.1, 0.15) is 26.1 Å². The van der Waals surface area contributed by atoms with Crippen molar-refractivity contribution >= 4 is 17.7 Å². The van der Waals surface area contributed by atoms with Crippen LogP contribution in [0.15, 0.2) is 10.3 Å². The predicted octanol–water partition coefficient (Wildman–Crippen LogP) is 1.68. The maximum atomic E-state index is 5.38. The average Bonchev–Trinajstić information content (AvgIpc) is 2.77. The lowest BCUT2D eigenvalue weighted by Gasteiger charge is -2.07. The summed E-state index contributed by atoms with van der Waals surface area (Å²) in [4.78, 5) is 12.9. The van der Waals surface area contributed by atoms with Gasteiger partial charge in [0.05, 0.1) is 6.61 Å². The average molecular weight is 309 g/mol. The van der Waals surface area contributed by atoms with Crippen molar-refractivity contribution in [1.29, 1.82) is 0 Å². The molecule has 9 heteroatoms. The van der Waals surface area contributed by atoms with E-state index < -0.39 is 0 Å². The highest BCUT2D eigenvalue weighted by Gasteiger charge is 2.13. The zero-order valence-electron chi connectivity index (χ0n) is 12.6. The minimum absolute atomic E-state index is 0.312. The number of nitrogens with one attached hydrogen (secondary N) is 1. The molecular formula is C12H19N7OS. The summed E-state index contributed by atoms with van der Waals surface area (Å²) >= 11 is 1.33. The standard InChI is InChI=1S/C12H19N7OS/c1-5-7-13-9-14-10(20-6-2)16-11(15-9)21-12-18-17-8(3)19(12)4/h5-7H2,1-4H3,(H,13,14,15,16). The first-order valence-electron chi connectivity index (χ1n) is 6.80. The Morgan fingerprint density at radius 2 is 2.00 bits per heavy atom. The van der Waals surface area contributed by atoms with Gasteiger partial charge in [-0.15, -0.1) is 10.2 Å². The van der Waals surface area contributed by atoms with Crippen LogP contribution in [-0.4, -0.2) is 42.9 Å². The fourth-order valence-electron chi connectivity index (χ4n) is 1.45. The van der Waals surface area contributed by atoms with E-state index in [2.05, 4.69) is 37.4 Å². The molecular weight excluding hydrogens is 290 g/mol. The van der Waals surface area contributed by atoms with Gasteiger partial charge >= 0.3 is 6.01 Å². The van der Waals surface area contributed by atoms with Crippen molar-refractivity contribution in [2.75, 3.05) is 18.5 Å². The van der Waals surface area contributed by atoms with E-state index in [4.69, 9.17) is 4.74 Å². The highest BCUT2D eigenvalue weighted by molar-refractivity contribution is 7.99. The molecule has 0 bridgehead atoms. The maximum Gasteiger partial charge on any atom is 0.322 e. The van der Waals surface area contributed by atoms with Gasteiger partial charge in [-0.3, -0.25) is 0 Å². The molecule has 2 aromatic heterocycles. The van der Waals surface area contributed by atoms with Crippen LogP contribution in [0.25, 0.3) is 0 Å². The monoisotopic (exact) mass is 309 g/mol. The lowest BCUT2D eigenvalue weighted by molar-refractivity contribution is 0.308. The van der Waals surface area contributed by atoms with Crippen molar-refractivity contribution < 1.29 is 4.74 Å². The van der Waals surface area contributed by atoms with E-state index in [-0.39, 0.29) is 0 Å². The van der Waals surface area contributed by atoms with Crippen molar-refractivity contribution in [1.82, 2.24) is 29.7 Å². The number of ether oxygens (including phenoxy) is 1. The maximum absolute atomic E-state index is 5.38. The van der Waals surface area contributed by atoms with Crippen LogP contribution in [-0.2, 0) is 7.05 Å². The Morgan fingerprint density at radius 1 is 1.19 bits per heavy atom. The van der Waals surface area contributed by atoms with Gasteiger partial charge in [-0.1, -0.05) is 6.92 Å². The minimum atomic E-state index is 0.312. The number of hydrogen-bond acceptors (Lipinski definition) is 8. The summed E-state index contributed by atoms with van der Waals surface area (Å²) in [5, 5.41) is 12.5. The van der Waals surface area contributed by atoms with Gasteiger partial charge in [0, 0.05) is 13.6 Å². The molecule has 1 N–H and O–H groups in total. The Labute approximate surface area is 127 Å². The Balaban J connectivity index is 2.24. The topological polar surface area (TPSA) is 90.6 Å². The predicted molar refractivity (Wildman–Crippen MR) is 79.6 cm³/mol. The molecule has 0 saturated heterocycles. The van der Waals surface area contributed by atoms with Gasteiger partial charge in [0.25, 0.3) is 0 Å². The number of nitrogens with zero attached hydrogens (tertiary/aromatic N) is 6. The molecule has 2 rings (SSSR count). The van der Waals surface area contributed by atoms with Gasteiger partial charge in [0.1, 0.15) is 5.82 Å². The summed E-state index contributed by atoms with van der Waals surface area (Å²) in [7, 11) is 1.90. The second-order valence-corrected chi connectivity index (χ2v) is 5.21. The fraction of sp³-hybridized carbons (Fsp3) is 0.583. The first-order valence-corrected chi connectivity index (χ1v) is 7.62. The Kier molecular flexibility index (Phi) is 5.32. The van der Waals surface area contributed by atoms with E-state index in [1.54, 1.807) is 0 Å². The molecule has 0 atom stereocenters. The third-order valence-corrected chi connectivity index (χ3v) is 3.54. The summed E-state index contributed by atoms with van der Waals surface area (Å²) in [5.74, 6) is 1.35.